The Kier molecular flexibility index (Phi) is 3.52. The smallest absolute Gasteiger partial charge is 0.231 e. The fourth-order valence-electron chi connectivity index (χ4n) is 2.55. The van der Waals surface area contributed by atoms with Crippen LogP contribution in [0, 0.1) is 0 Å². The summed E-state index contributed by atoms with van der Waals surface area (Å²) in [6.07, 6.45) is 0.454. The Labute approximate surface area is 123 Å². The molecule has 2 aromatic rings. The molecule has 1 heterocycles. The highest BCUT2D eigenvalue weighted by molar-refractivity contribution is 6.01. The third-order valence-electron chi connectivity index (χ3n) is 3.73. The second-order valence-corrected chi connectivity index (χ2v) is 5.00. The van der Waals surface area contributed by atoms with Gasteiger partial charge < -0.3 is 14.4 Å². The van der Waals surface area contributed by atoms with Crippen molar-refractivity contribution in [1.82, 2.24) is 0 Å². The van der Waals surface area contributed by atoms with E-state index in [9.17, 15) is 4.79 Å². The fourth-order valence-corrected chi connectivity index (χ4v) is 2.55. The van der Waals surface area contributed by atoms with Crippen molar-refractivity contribution in [2.24, 2.45) is 0 Å². The summed E-state index contributed by atoms with van der Waals surface area (Å²) < 4.78 is 10.4. The number of carbonyl (C=O) groups is 1. The lowest BCUT2D eigenvalue weighted by Gasteiger charge is -2.18. The minimum atomic E-state index is 0.120. The third-order valence-corrected chi connectivity index (χ3v) is 3.73. The van der Waals surface area contributed by atoms with E-state index < -0.39 is 0 Å². The number of benzene rings is 2. The van der Waals surface area contributed by atoms with Gasteiger partial charge in [0.1, 0.15) is 11.5 Å². The molecule has 0 saturated carbocycles. The van der Waals surface area contributed by atoms with Crippen molar-refractivity contribution in [2.75, 3.05) is 19.1 Å². The predicted molar refractivity (Wildman–Crippen MR) is 80.9 cm³/mol. The van der Waals surface area contributed by atoms with E-state index >= 15 is 0 Å². The van der Waals surface area contributed by atoms with Crippen LogP contribution in [0.25, 0.3) is 0 Å². The van der Waals surface area contributed by atoms with Crippen molar-refractivity contribution < 1.29 is 14.3 Å². The number of methoxy groups -OCH3 is 2. The highest BCUT2D eigenvalue weighted by atomic mass is 16.5. The van der Waals surface area contributed by atoms with Crippen LogP contribution in [0.3, 0.4) is 0 Å². The van der Waals surface area contributed by atoms with Gasteiger partial charge in [-0.05, 0) is 29.3 Å². The molecule has 21 heavy (non-hydrogen) atoms. The Morgan fingerprint density at radius 1 is 1.00 bits per heavy atom. The minimum Gasteiger partial charge on any atom is -0.497 e. The first kappa shape index (κ1) is 13.5. The van der Waals surface area contributed by atoms with Crippen LogP contribution in [-0.2, 0) is 17.8 Å². The van der Waals surface area contributed by atoms with Crippen LogP contribution in [-0.4, -0.2) is 20.1 Å². The lowest BCUT2D eigenvalue weighted by molar-refractivity contribution is -0.117. The second kappa shape index (κ2) is 5.48. The third kappa shape index (κ3) is 2.57. The number of hydrogen-bond acceptors (Lipinski definition) is 3. The van der Waals surface area contributed by atoms with Gasteiger partial charge in [-0.15, -0.1) is 0 Å². The SMILES string of the molecule is COc1ccc(CN2C(=O)Cc3ccc(OC)cc32)cc1. The summed E-state index contributed by atoms with van der Waals surface area (Å²) in [6, 6.07) is 13.5. The number of rotatable bonds is 4. The summed E-state index contributed by atoms with van der Waals surface area (Å²) >= 11 is 0. The van der Waals surface area contributed by atoms with Crippen molar-refractivity contribution in [3.05, 3.63) is 53.6 Å². The largest absolute Gasteiger partial charge is 0.497 e. The van der Waals surface area contributed by atoms with Crippen LogP contribution < -0.4 is 14.4 Å². The second-order valence-electron chi connectivity index (χ2n) is 5.00. The van der Waals surface area contributed by atoms with E-state index in [0.29, 0.717) is 13.0 Å². The number of amides is 1. The molecular formula is C17H17NO3. The molecule has 1 amide bonds. The number of fused-ring (bicyclic) bond motifs is 1. The van der Waals surface area contributed by atoms with Gasteiger partial charge in [0, 0.05) is 6.07 Å². The monoisotopic (exact) mass is 283 g/mol. The highest BCUT2D eigenvalue weighted by Gasteiger charge is 2.27. The maximum absolute atomic E-state index is 12.2. The minimum absolute atomic E-state index is 0.120. The molecule has 0 aliphatic carbocycles. The van der Waals surface area contributed by atoms with Crippen molar-refractivity contribution in [3.63, 3.8) is 0 Å². The molecule has 0 saturated heterocycles. The molecule has 1 aliphatic rings. The Morgan fingerprint density at radius 3 is 2.33 bits per heavy atom. The lowest BCUT2D eigenvalue weighted by Crippen LogP contribution is -2.25. The molecule has 0 N–H and O–H groups in total. The van der Waals surface area contributed by atoms with Crippen LogP contribution in [0.1, 0.15) is 11.1 Å². The molecule has 4 nitrogen and oxygen atoms in total. The van der Waals surface area contributed by atoms with Gasteiger partial charge in [-0.2, -0.15) is 0 Å². The maximum Gasteiger partial charge on any atom is 0.231 e. The molecule has 4 heteroatoms. The molecule has 0 atom stereocenters. The van der Waals surface area contributed by atoms with Gasteiger partial charge in [-0.1, -0.05) is 18.2 Å². The summed E-state index contributed by atoms with van der Waals surface area (Å²) in [5.41, 5.74) is 3.06. The number of anilines is 1. The standard InChI is InChI=1S/C17H17NO3/c1-20-14-6-3-12(4-7-14)11-18-16-10-15(21-2)8-5-13(16)9-17(18)19/h3-8,10H,9,11H2,1-2H3. The molecule has 0 radical (unpaired) electrons. The first-order valence-corrected chi connectivity index (χ1v) is 6.81. The lowest BCUT2D eigenvalue weighted by atomic mass is 10.1. The number of hydrogen-bond donors (Lipinski definition) is 0. The Bertz CT molecular complexity index is 664. The number of carbonyl (C=O) groups excluding carboxylic acids is 1. The van der Waals surface area contributed by atoms with Gasteiger partial charge in [0.15, 0.2) is 0 Å². The highest BCUT2D eigenvalue weighted by Crippen LogP contribution is 2.33. The van der Waals surface area contributed by atoms with Crippen LogP contribution in [0.2, 0.25) is 0 Å². The van der Waals surface area contributed by atoms with E-state index in [4.69, 9.17) is 9.47 Å². The van der Waals surface area contributed by atoms with Crippen LogP contribution in [0.5, 0.6) is 11.5 Å². The predicted octanol–water partition coefficient (Wildman–Crippen LogP) is 2.79. The molecular weight excluding hydrogens is 266 g/mol. The zero-order valence-electron chi connectivity index (χ0n) is 12.1. The van der Waals surface area contributed by atoms with E-state index in [2.05, 4.69) is 0 Å². The van der Waals surface area contributed by atoms with Gasteiger partial charge in [0.05, 0.1) is 32.9 Å². The summed E-state index contributed by atoms with van der Waals surface area (Å²) in [6.45, 7) is 0.559. The fraction of sp³-hybridized carbons (Fsp3) is 0.235. The normalized spacial score (nSPS) is 13.2. The summed E-state index contributed by atoms with van der Waals surface area (Å²) in [5, 5.41) is 0. The summed E-state index contributed by atoms with van der Waals surface area (Å²) in [5.74, 6) is 1.70. The van der Waals surface area contributed by atoms with Crippen LogP contribution in [0.4, 0.5) is 5.69 Å². The molecule has 0 aromatic heterocycles. The van der Waals surface area contributed by atoms with Gasteiger partial charge >= 0.3 is 0 Å². The molecule has 0 unspecified atom stereocenters. The Hall–Kier alpha value is -2.49. The first-order chi connectivity index (χ1) is 10.2. The van der Waals surface area contributed by atoms with Gasteiger partial charge in [-0.25, -0.2) is 0 Å². The molecule has 0 fully saturated rings. The van der Waals surface area contributed by atoms with E-state index in [0.717, 1.165) is 28.3 Å². The Morgan fingerprint density at radius 2 is 1.67 bits per heavy atom. The number of ether oxygens (including phenoxy) is 2. The van der Waals surface area contributed by atoms with Gasteiger partial charge in [0.25, 0.3) is 0 Å². The molecule has 108 valence electrons. The molecule has 2 aromatic carbocycles. The quantitative estimate of drug-likeness (QED) is 0.866. The van der Waals surface area contributed by atoms with E-state index in [1.54, 1.807) is 19.1 Å². The molecule has 0 spiro atoms. The average molecular weight is 283 g/mol. The van der Waals surface area contributed by atoms with E-state index in [1.807, 2.05) is 42.5 Å². The van der Waals surface area contributed by atoms with Crippen molar-refractivity contribution in [3.8, 4) is 11.5 Å². The topological polar surface area (TPSA) is 38.8 Å². The van der Waals surface area contributed by atoms with Gasteiger partial charge in [-0.3, -0.25) is 4.79 Å². The first-order valence-electron chi connectivity index (χ1n) is 6.81. The van der Waals surface area contributed by atoms with Crippen LogP contribution in [0.15, 0.2) is 42.5 Å². The maximum atomic E-state index is 12.2. The average Bonchev–Trinajstić information content (AvgIpc) is 2.83. The van der Waals surface area contributed by atoms with Crippen molar-refractivity contribution in [1.29, 1.82) is 0 Å². The van der Waals surface area contributed by atoms with Crippen molar-refractivity contribution >= 4 is 11.6 Å². The molecule has 0 bridgehead atoms. The van der Waals surface area contributed by atoms with E-state index in [-0.39, 0.29) is 5.91 Å². The zero-order chi connectivity index (χ0) is 14.8. The van der Waals surface area contributed by atoms with Gasteiger partial charge in [0.2, 0.25) is 5.91 Å². The van der Waals surface area contributed by atoms with Crippen molar-refractivity contribution in [2.45, 2.75) is 13.0 Å². The zero-order valence-corrected chi connectivity index (χ0v) is 12.1. The van der Waals surface area contributed by atoms with Crippen LogP contribution >= 0.6 is 0 Å². The molecule has 1 aliphatic heterocycles. The summed E-state index contributed by atoms with van der Waals surface area (Å²) in [7, 11) is 3.27. The van der Waals surface area contributed by atoms with E-state index in [1.165, 1.54) is 0 Å². The Balaban J connectivity index is 1.87. The molecule has 3 rings (SSSR count). The summed E-state index contributed by atoms with van der Waals surface area (Å²) in [4.78, 5) is 14.0. The number of nitrogens with zero attached hydrogens (tertiary/aromatic N) is 1.